The van der Waals surface area contributed by atoms with E-state index in [1.807, 2.05) is 10.8 Å². The summed E-state index contributed by atoms with van der Waals surface area (Å²) < 4.78 is 7.34. The normalized spacial score (nSPS) is 13.4. The van der Waals surface area contributed by atoms with E-state index in [1.165, 1.54) is 12.3 Å². The van der Waals surface area contributed by atoms with Gasteiger partial charge in [-0.05, 0) is 18.2 Å². The Morgan fingerprint density at radius 1 is 1.00 bits per heavy atom. The molecule has 4 heterocycles. The molecule has 2 N–H and O–H groups in total. The van der Waals surface area contributed by atoms with Gasteiger partial charge in [0.05, 0.1) is 42.0 Å². The first-order valence-corrected chi connectivity index (χ1v) is 11.5. The van der Waals surface area contributed by atoms with Crippen LogP contribution in [0.25, 0.3) is 16.9 Å². The van der Waals surface area contributed by atoms with Crippen molar-refractivity contribution in [1.82, 2.24) is 24.5 Å². The van der Waals surface area contributed by atoms with E-state index >= 15 is 0 Å². The Labute approximate surface area is 207 Å². The van der Waals surface area contributed by atoms with Gasteiger partial charge in [-0.25, -0.2) is 19.9 Å². The Balaban J connectivity index is 1.29. The van der Waals surface area contributed by atoms with Crippen molar-refractivity contribution in [2.75, 3.05) is 54.9 Å². The van der Waals surface area contributed by atoms with Gasteiger partial charge in [-0.1, -0.05) is 12.1 Å². The second-order valence-corrected chi connectivity index (χ2v) is 8.06. The summed E-state index contributed by atoms with van der Waals surface area (Å²) in [4.78, 5) is 30.1. The Bertz CT molecular complexity index is 1290. The monoisotopic (exact) mass is 487 g/mol. The van der Waals surface area contributed by atoms with Crippen molar-refractivity contribution in [2.24, 2.45) is 0 Å². The fourth-order valence-electron chi connectivity index (χ4n) is 3.88. The second kappa shape index (κ2) is 10.8. The van der Waals surface area contributed by atoms with Crippen molar-refractivity contribution >= 4 is 23.1 Å². The van der Waals surface area contributed by atoms with E-state index < -0.39 is 4.92 Å². The summed E-state index contributed by atoms with van der Waals surface area (Å²) in [7, 11) is 0. The van der Waals surface area contributed by atoms with Gasteiger partial charge in [0, 0.05) is 55.9 Å². The Morgan fingerprint density at radius 2 is 1.81 bits per heavy atom. The van der Waals surface area contributed by atoms with Gasteiger partial charge in [0.2, 0.25) is 5.95 Å². The number of anilines is 3. The van der Waals surface area contributed by atoms with Crippen LogP contribution >= 0.6 is 0 Å². The first-order chi connectivity index (χ1) is 17.7. The molecule has 1 aliphatic rings. The van der Waals surface area contributed by atoms with Gasteiger partial charge >= 0.3 is 0 Å². The van der Waals surface area contributed by atoms with Gasteiger partial charge in [-0.15, -0.1) is 0 Å². The Hall–Kier alpha value is -4.58. The van der Waals surface area contributed by atoms with E-state index in [4.69, 9.17) is 9.72 Å². The van der Waals surface area contributed by atoms with Crippen LogP contribution in [0.1, 0.15) is 0 Å². The predicted octanol–water partition coefficient (Wildman–Crippen LogP) is 2.99. The van der Waals surface area contributed by atoms with Crippen LogP contribution in [0.5, 0.6) is 0 Å². The summed E-state index contributed by atoms with van der Waals surface area (Å²) >= 11 is 0. The van der Waals surface area contributed by atoms with Crippen LogP contribution in [-0.4, -0.2) is 68.8 Å². The van der Waals surface area contributed by atoms with E-state index in [2.05, 4.69) is 54.8 Å². The molecule has 36 heavy (non-hydrogen) atoms. The molecule has 1 fully saturated rings. The van der Waals surface area contributed by atoms with Crippen LogP contribution in [0.3, 0.4) is 0 Å². The molecule has 184 valence electrons. The number of morpholine rings is 1. The number of hydrogen-bond acceptors (Lipinski definition) is 10. The highest BCUT2D eigenvalue weighted by atomic mass is 16.6. The third kappa shape index (κ3) is 5.39. The van der Waals surface area contributed by atoms with Gasteiger partial charge in [0.25, 0.3) is 5.69 Å². The van der Waals surface area contributed by atoms with E-state index in [1.54, 1.807) is 24.8 Å². The number of nitro groups is 1. The number of nitrogens with one attached hydrogen (secondary N) is 2. The number of ether oxygens (including phenoxy) is 1. The van der Waals surface area contributed by atoms with Crippen molar-refractivity contribution in [3.8, 4) is 16.9 Å². The van der Waals surface area contributed by atoms with E-state index in [0.717, 1.165) is 48.9 Å². The number of nitrogens with zero attached hydrogens (tertiary/aromatic N) is 7. The summed E-state index contributed by atoms with van der Waals surface area (Å²) in [5.41, 5.74) is 3.68. The van der Waals surface area contributed by atoms with Gasteiger partial charge in [0.1, 0.15) is 12.0 Å². The largest absolute Gasteiger partial charge is 0.378 e. The first kappa shape index (κ1) is 23.2. The lowest BCUT2D eigenvalue weighted by Gasteiger charge is -2.29. The molecule has 0 aliphatic carbocycles. The minimum Gasteiger partial charge on any atom is -0.378 e. The summed E-state index contributed by atoms with van der Waals surface area (Å²) in [6.45, 7) is 4.29. The molecule has 0 spiro atoms. The average Bonchev–Trinajstić information content (AvgIpc) is 3.47. The van der Waals surface area contributed by atoms with Crippen LogP contribution in [0.15, 0.2) is 67.5 Å². The third-order valence-corrected chi connectivity index (χ3v) is 5.74. The number of imidazole rings is 1. The highest BCUT2D eigenvalue weighted by molar-refractivity contribution is 5.71. The zero-order valence-corrected chi connectivity index (χ0v) is 19.4. The molecule has 0 unspecified atom stereocenters. The number of rotatable bonds is 9. The molecule has 1 aromatic carbocycles. The van der Waals surface area contributed by atoms with Gasteiger partial charge < -0.3 is 24.8 Å². The molecular weight excluding hydrogens is 462 g/mol. The number of aromatic nitrogens is 5. The van der Waals surface area contributed by atoms with Gasteiger partial charge in [0.15, 0.2) is 0 Å². The molecule has 0 radical (unpaired) electrons. The number of hydrogen-bond donors (Lipinski definition) is 2. The fraction of sp³-hybridized carbons (Fsp3) is 0.250. The van der Waals surface area contributed by atoms with E-state index in [9.17, 15) is 10.1 Å². The molecule has 3 aromatic heterocycles. The summed E-state index contributed by atoms with van der Waals surface area (Å²) in [6.07, 6.45) is 8.30. The van der Waals surface area contributed by atoms with Crippen molar-refractivity contribution < 1.29 is 9.66 Å². The van der Waals surface area contributed by atoms with Crippen LogP contribution in [-0.2, 0) is 4.74 Å². The van der Waals surface area contributed by atoms with Crippen LogP contribution in [0, 0.1) is 10.1 Å². The number of benzene rings is 1. The average molecular weight is 488 g/mol. The highest BCUT2D eigenvalue weighted by Crippen LogP contribution is 2.28. The molecule has 1 saturated heterocycles. The fourth-order valence-corrected chi connectivity index (χ4v) is 3.88. The van der Waals surface area contributed by atoms with Crippen molar-refractivity contribution in [2.45, 2.75) is 0 Å². The van der Waals surface area contributed by atoms with Crippen molar-refractivity contribution in [1.29, 1.82) is 0 Å². The van der Waals surface area contributed by atoms with E-state index in [0.29, 0.717) is 24.9 Å². The van der Waals surface area contributed by atoms with Crippen LogP contribution in [0.2, 0.25) is 0 Å². The lowest BCUT2D eigenvalue weighted by molar-refractivity contribution is -0.385. The predicted molar refractivity (Wildman–Crippen MR) is 135 cm³/mol. The minimum atomic E-state index is -0.475. The molecule has 0 saturated carbocycles. The lowest BCUT2D eigenvalue weighted by atomic mass is 10.1. The molecule has 0 amide bonds. The van der Waals surface area contributed by atoms with Gasteiger partial charge in [-0.2, -0.15) is 0 Å². The highest BCUT2D eigenvalue weighted by Gasteiger charge is 2.14. The molecule has 12 heteroatoms. The molecule has 4 aromatic rings. The topological polar surface area (TPSA) is 136 Å². The maximum Gasteiger partial charge on any atom is 0.287 e. The van der Waals surface area contributed by atoms with Crippen molar-refractivity contribution in [3.05, 3.63) is 77.6 Å². The van der Waals surface area contributed by atoms with Gasteiger partial charge in [-0.3, -0.25) is 10.1 Å². The Kier molecular flexibility index (Phi) is 6.94. The van der Waals surface area contributed by atoms with Crippen molar-refractivity contribution in [3.63, 3.8) is 0 Å². The maximum atomic E-state index is 10.8. The van der Waals surface area contributed by atoms with E-state index in [-0.39, 0.29) is 5.69 Å². The SMILES string of the molecule is O=[N+]([O-])c1ccc(NCCNc2ncc(-n3ccnc3)c(-c3ccc(N4CCOCC4)cc3)n2)nc1. The van der Waals surface area contributed by atoms with Crippen LogP contribution < -0.4 is 15.5 Å². The van der Waals surface area contributed by atoms with Crippen LogP contribution in [0.4, 0.5) is 23.1 Å². The molecule has 12 nitrogen and oxygen atoms in total. The first-order valence-electron chi connectivity index (χ1n) is 11.5. The smallest absolute Gasteiger partial charge is 0.287 e. The molecule has 0 bridgehead atoms. The summed E-state index contributed by atoms with van der Waals surface area (Å²) in [5, 5.41) is 17.1. The lowest BCUT2D eigenvalue weighted by Crippen LogP contribution is -2.36. The minimum absolute atomic E-state index is 0.0458. The molecule has 1 aliphatic heterocycles. The zero-order chi connectivity index (χ0) is 24.7. The zero-order valence-electron chi connectivity index (χ0n) is 19.4. The summed E-state index contributed by atoms with van der Waals surface area (Å²) in [6, 6.07) is 11.3. The standard InChI is InChI=1S/C24H25N9O3/c34-33(35)20-5-6-22(28-15-20)26-7-8-27-24-29-16-21(32-10-9-25-17-32)23(30-24)18-1-3-19(4-2-18)31-11-13-36-14-12-31/h1-6,9-10,15-17H,7-8,11-14H2,(H,26,28)(H,27,29,30). The summed E-state index contributed by atoms with van der Waals surface area (Å²) in [5.74, 6) is 1.05. The molecule has 5 rings (SSSR count). The number of pyridine rings is 1. The third-order valence-electron chi connectivity index (χ3n) is 5.74. The quantitative estimate of drug-likeness (QED) is 0.206. The second-order valence-electron chi connectivity index (χ2n) is 8.06. The molecular formula is C24H25N9O3. The molecule has 0 atom stereocenters. The Morgan fingerprint density at radius 3 is 2.50 bits per heavy atom. The maximum absolute atomic E-state index is 10.8.